The zero-order valence-electron chi connectivity index (χ0n) is 38.9. The summed E-state index contributed by atoms with van der Waals surface area (Å²) in [6.45, 7) is 11.2. The van der Waals surface area contributed by atoms with Gasteiger partial charge in [0, 0.05) is 78.6 Å². The van der Waals surface area contributed by atoms with Gasteiger partial charge in [-0.15, -0.1) is 20.4 Å². The number of anilines is 4. The van der Waals surface area contributed by atoms with Crippen LogP contribution in [-0.2, 0) is 21.1 Å². The van der Waals surface area contributed by atoms with E-state index in [-0.39, 0.29) is 29.3 Å². The van der Waals surface area contributed by atoms with Crippen molar-refractivity contribution in [1.82, 2.24) is 40.3 Å². The molecule has 0 aliphatic carbocycles. The van der Waals surface area contributed by atoms with Crippen LogP contribution in [0.5, 0.6) is 11.8 Å². The molecule has 360 valence electrons. The van der Waals surface area contributed by atoms with Crippen molar-refractivity contribution in [2.45, 2.75) is 58.7 Å². The number of ether oxygens (including phenoxy) is 4. The van der Waals surface area contributed by atoms with E-state index in [1.165, 1.54) is 70.9 Å². The molecule has 0 bridgehead atoms. The highest BCUT2D eigenvalue weighted by Crippen LogP contribution is 2.36. The molecule has 2 saturated heterocycles. The van der Waals surface area contributed by atoms with Crippen LogP contribution >= 0.6 is 0 Å². The third kappa shape index (κ3) is 11.2. The number of aryl methyl sites for hydroxylation is 2. The van der Waals surface area contributed by atoms with Gasteiger partial charge in [0.1, 0.15) is 35.4 Å². The molecular weight excluding hydrogens is 898 g/mol. The second-order valence-electron chi connectivity index (χ2n) is 16.9. The average molecular weight is 949 g/mol. The second-order valence-corrected chi connectivity index (χ2v) is 16.9. The fourth-order valence-electron chi connectivity index (χ4n) is 7.70. The van der Waals surface area contributed by atoms with Gasteiger partial charge >= 0.3 is 0 Å². The van der Waals surface area contributed by atoms with Crippen molar-refractivity contribution < 1.29 is 41.7 Å². The van der Waals surface area contributed by atoms with E-state index < -0.39 is 41.6 Å². The Bertz CT molecular complexity index is 2840. The number of carbonyl (C=O) groups is 2. The van der Waals surface area contributed by atoms with Crippen molar-refractivity contribution in [2.75, 3.05) is 80.1 Å². The smallest absolute Gasteiger partial charge is 0.289 e. The molecule has 2 amide bonds. The van der Waals surface area contributed by atoms with Gasteiger partial charge in [0.15, 0.2) is 0 Å². The molecule has 0 radical (unpaired) electrons. The van der Waals surface area contributed by atoms with Crippen molar-refractivity contribution >= 4 is 34.6 Å². The van der Waals surface area contributed by atoms with Crippen LogP contribution in [0.2, 0.25) is 0 Å². The Balaban J connectivity index is 0.984. The van der Waals surface area contributed by atoms with Crippen molar-refractivity contribution in [3.05, 3.63) is 107 Å². The number of methoxy groups -OCH3 is 1. The standard InChI is InChI=1S/C48H51F3N12O6/c1-7-48(50,51)42-19-31(9-11-53-42)44(65)57-33-21-36(29(3)55-25-33)38-23-40(62-12-15-67-16-13-62)46(61-59-38)69-27-34-26-63(14-17-68-34)39-22-37(58-60-45(39)66-6)35-20-32(24-54-28(35)2)56-43(64)30-8-10-52-41(18-30)47(4,5)49/h8-11,18-25,34H,7,12-17,26-27H2,1-6H3,(H,56,64)(H,57,65). The van der Waals surface area contributed by atoms with Gasteiger partial charge in [-0.05, 0) is 76.2 Å². The minimum Gasteiger partial charge on any atom is -0.478 e. The van der Waals surface area contributed by atoms with Gasteiger partial charge in [0.05, 0.1) is 67.8 Å². The number of carbonyl (C=O) groups excluding carboxylic acids is 2. The summed E-state index contributed by atoms with van der Waals surface area (Å²) >= 11 is 0. The maximum atomic E-state index is 14.6. The number of rotatable bonds is 15. The highest BCUT2D eigenvalue weighted by molar-refractivity contribution is 6.05. The van der Waals surface area contributed by atoms with Crippen LogP contribution in [0.4, 0.5) is 35.9 Å². The zero-order valence-corrected chi connectivity index (χ0v) is 38.9. The Morgan fingerprint density at radius 1 is 0.725 bits per heavy atom. The Morgan fingerprint density at radius 2 is 1.26 bits per heavy atom. The molecule has 0 spiro atoms. The van der Waals surface area contributed by atoms with Crippen molar-refractivity contribution in [2.24, 2.45) is 0 Å². The Hall–Kier alpha value is -7.39. The maximum absolute atomic E-state index is 14.6. The van der Waals surface area contributed by atoms with Crippen molar-refractivity contribution in [1.29, 1.82) is 0 Å². The van der Waals surface area contributed by atoms with E-state index in [1.54, 1.807) is 19.1 Å². The van der Waals surface area contributed by atoms with Gasteiger partial charge in [-0.1, -0.05) is 6.92 Å². The minimum atomic E-state index is -3.18. The fraction of sp³-hybridized carbons (Fsp3) is 0.375. The highest BCUT2D eigenvalue weighted by Gasteiger charge is 2.32. The molecule has 2 aliphatic heterocycles. The number of halogens is 3. The van der Waals surface area contributed by atoms with E-state index in [2.05, 4.69) is 60.8 Å². The number of amides is 2. The number of nitrogens with zero attached hydrogens (tertiary/aromatic N) is 10. The first kappa shape index (κ1) is 48.1. The third-order valence-corrected chi connectivity index (χ3v) is 11.6. The lowest BCUT2D eigenvalue weighted by atomic mass is 10.0. The topological polar surface area (TPSA) is 205 Å². The van der Waals surface area contributed by atoms with Gasteiger partial charge in [-0.3, -0.25) is 29.5 Å². The molecule has 6 aromatic heterocycles. The average Bonchev–Trinajstić information content (AvgIpc) is 3.36. The van der Waals surface area contributed by atoms with Gasteiger partial charge in [-0.2, -0.15) is 8.78 Å². The molecule has 18 nitrogen and oxygen atoms in total. The molecule has 1 atom stereocenters. The first-order chi connectivity index (χ1) is 33.1. The zero-order chi connectivity index (χ0) is 48.9. The molecule has 2 N–H and O–H groups in total. The van der Waals surface area contributed by atoms with Gasteiger partial charge in [0.25, 0.3) is 29.5 Å². The SMILES string of the molecule is CCC(F)(F)c1cc(C(=O)Nc2cnc(C)c(-c3cc(N4CCOCC4)c(OCC4CN(c5cc(-c6cc(NC(=O)c7ccnc(C(C)(C)F)c7)cnc6C)nnc5OC)CCO4)nn3)c2)ccn1. The molecule has 8 rings (SSSR count). The summed E-state index contributed by atoms with van der Waals surface area (Å²) < 4.78 is 67.3. The summed E-state index contributed by atoms with van der Waals surface area (Å²) in [6, 6.07) is 12.6. The Kier molecular flexibility index (Phi) is 14.3. The maximum Gasteiger partial charge on any atom is 0.289 e. The predicted octanol–water partition coefficient (Wildman–Crippen LogP) is 7.14. The summed E-state index contributed by atoms with van der Waals surface area (Å²) in [7, 11) is 1.52. The first-order valence-electron chi connectivity index (χ1n) is 22.3. The highest BCUT2D eigenvalue weighted by atomic mass is 19.3. The molecule has 6 aromatic rings. The number of nitrogens with one attached hydrogen (secondary N) is 2. The second kappa shape index (κ2) is 20.5. The van der Waals surface area contributed by atoms with Gasteiger partial charge in [-0.25, -0.2) is 4.39 Å². The van der Waals surface area contributed by atoms with E-state index >= 15 is 0 Å². The molecule has 1 unspecified atom stereocenters. The predicted molar refractivity (Wildman–Crippen MR) is 250 cm³/mol. The Labute approximate surface area is 396 Å². The lowest BCUT2D eigenvalue weighted by molar-refractivity contribution is -0.0128. The first-order valence-corrected chi connectivity index (χ1v) is 22.3. The summed E-state index contributed by atoms with van der Waals surface area (Å²) in [5.41, 5.74) is 3.69. The van der Waals surface area contributed by atoms with E-state index in [4.69, 9.17) is 18.9 Å². The molecule has 0 saturated carbocycles. The van der Waals surface area contributed by atoms with Gasteiger partial charge < -0.3 is 39.4 Å². The van der Waals surface area contributed by atoms with Crippen molar-refractivity contribution in [3.63, 3.8) is 0 Å². The van der Waals surface area contributed by atoms with Crippen LogP contribution in [0.15, 0.2) is 73.3 Å². The van der Waals surface area contributed by atoms with Crippen LogP contribution in [0.1, 0.15) is 70.7 Å². The molecule has 0 aromatic carbocycles. The summed E-state index contributed by atoms with van der Waals surface area (Å²) in [5.74, 6) is -3.65. The summed E-state index contributed by atoms with van der Waals surface area (Å²) in [4.78, 5) is 47.5. The molecule has 69 heavy (non-hydrogen) atoms. The van der Waals surface area contributed by atoms with Crippen LogP contribution < -0.4 is 29.9 Å². The number of aromatic nitrogens is 8. The summed E-state index contributed by atoms with van der Waals surface area (Å²) in [6.07, 6.45) is 4.72. The quantitative estimate of drug-likeness (QED) is 0.105. The van der Waals surface area contributed by atoms with Crippen LogP contribution in [0, 0.1) is 13.8 Å². The largest absolute Gasteiger partial charge is 0.478 e. The van der Waals surface area contributed by atoms with E-state index in [1.807, 2.05) is 19.1 Å². The third-order valence-electron chi connectivity index (χ3n) is 11.6. The van der Waals surface area contributed by atoms with E-state index in [0.717, 1.165) is 6.07 Å². The van der Waals surface area contributed by atoms with E-state index in [9.17, 15) is 22.8 Å². The summed E-state index contributed by atoms with van der Waals surface area (Å²) in [5, 5.41) is 23.5. The molecule has 8 heterocycles. The van der Waals surface area contributed by atoms with Crippen LogP contribution in [-0.4, -0.2) is 118 Å². The molecule has 2 aliphatic rings. The Morgan fingerprint density at radius 3 is 1.83 bits per heavy atom. The number of morpholine rings is 2. The normalized spacial score (nSPS) is 15.4. The van der Waals surface area contributed by atoms with Crippen LogP contribution in [0.3, 0.4) is 0 Å². The monoisotopic (exact) mass is 948 g/mol. The number of hydrogen-bond donors (Lipinski definition) is 2. The lowest BCUT2D eigenvalue weighted by Gasteiger charge is -2.35. The molecule has 21 heteroatoms. The van der Waals surface area contributed by atoms with Crippen LogP contribution in [0.25, 0.3) is 22.5 Å². The van der Waals surface area contributed by atoms with Gasteiger partial charge in [0.2, 0.25) is 0 Å². The van der Waals surface area contributed by atoms with E-state index in [0.29, 0.717) is 109 Å². The number of alkyl halides is 3. The number of pyridine rings is 4. The fourth-order valence-corrected chi connectivity index (χ4v) is 7.70. The minimum absolute atomic E-state index is 0.0265. The van der Waals surface area contributed by atoms with Crippen molar-refractivity contribution in [3.8, 4) is 34.3 Å². The lowest BCUT2D eigenvalue weighted by Crippen LogP contribution is -2.45. The molecule has 2 fully saturated rings. The number of hydrogen-bond acceptors (Lipinski definition) is 16. The molecular formula is C48H51F3N12O6.